The average Bonchev–Trinajstić information content (AvgIpc) is 2.16. The van der Waals surface area contributed by atoms with E-state index < -0.39 is 0 Å². The molecule has 0 aliphatic heterocycles. The quantitative estimate of drug-likeness (QED) is 0.677. The number of ether oxygens (including phenoxy) is 1. The molecule has 1 N–H and O–H groups in total. The first kappa shape index (κ1) is 11.8. The molecule has 0 aliphatic rings. The molecule has 0 aromatic rings. The predicted octanol–water partition coefficient (Wildman–Crippen LogP) is 1.97. The lowest BCUT2D eigenvalue weighted by Gasteiger charge is -2.09. The third kappa shape index (κ3) is 5.06. The van der Waals surface area contributed by atoms with Crippen LogP contribution in [0.25, 0.3) is 0 Å². The molecule has 0 spiro atoms. The number of carbonyl (C=O) groups excluding carboxylic acids is 1. The number of nitrogens with one attached hydrogen (secondary N) is 1. The highest BCUT2D eigenvalue weighted by Gasteiger charge is 2.04. The molecule has 3 nitrogen and oxygen atoms in total. The van der Waals surface area contributed by atoms with Gasteiger partial charge in [-0.3, -0.25) is 4.79 Å². The number of esters is 1. The Hall–Kier alpha value is -1.25. The Bertz CT molecular complexity index is 229. The lowest BCUT2D eigenvalue weighted by atomic mass is 10.3. The maximum Gasteiger partial charge on any atom is 0.311 e. The molecule has 0 saturated heterocycles. The number of carbonyl (C=O) groups is 1. The van der Waals surface area contributed by atoms with Crippen molar-refractivity contribution >= 4 is 5.97 Å². The van der Waals surface area contributed by atoms with Gasteiger partial charge in [0.05, 0.1) is 13.5 Å². The Morgan fingerprint density at radius 2 is 2.00 bits per heavy atom. The van der Waals surface area contributed by atoms with Crippen molar-refractivity contribution in [3.63, 3.8) is 0 Å². The molecule has 0 aromatic heterocycles. The van der Waals surface area contributed by atoms with Gasteiger partial charge in [0.15, 0.2) is 0 Å². The van der Waals surface area contributed by atoms with E-state index in [1.54, 1.807) is 0 Å². The molecule has 0 radical (unpaired) electrons. The molecular formula is C10H17NO2. The summed E-state index contributed by atoms with van der Waals surface area (Å²) in [5, 5.41) is 3.10. The number of hydrogen-bond acceptors (Lipinski definition) is 3. The van der Waals surface area contributed by atoms with Crippen molar-refractivity contribution in [3.05, 3.63) is 23.5 Å². The molecule has 0 rings (SSSR count). The smallest absolute Gasteiger partial charge is 0.311 e. The summed E-state index contributed by atoms with van der Waals surface area (Å²) in [6, 6.07) is 0. The van der Waals surface area contributed by atoms with Gasteiger partial charge in [0.2, 0.25) is 0 Å². The van der Waals surface area contributed by atoms with E-state index in [2.05, 4.69) is 10.1 Å². The van der Waals surface area contributed by atoms with E-state index in [1.807, 2.05) is 32.9 Å². The molecule has 13 heavy (non-hydrogen) atoms. The van der Waals surface area contributed by atoms with Crippen LogP contribution >= 0.6 is 0 Å². The second-order valence-corrected chi connectivity index (χ2v) is 2.66. The third-order valence-corrected chi connectivity index (χ3v) is 1.70. The number of allylic oxidation sites excluding steroid dienone is 3. The molecule has 74 valence electrons. The Morgan fingerprint density at radius 3 is 2.38 bits per heavy atom. The molecule has 0 amide bonds. The monoisotopic (exact) mass is 183 g/mol. The molecule has 0 fully saturated rings. The highest BCUT2D eigenvalue weighted by atomic mass is 16.5. The van der Waals surface area contributed by atoms with Crippen LogP contribution in [0.15, 0.2) is 23.5 Å². The summed E-state index contributed by atoms with van der Waals surface area (Å²) in [6.07, 6.45) is 4.10. The molecule has 0 bridgehead atoms. The summed E-state index contributed by atoms with van der Waals surface area (Å²) in [5.74, 6) is -0.232. The zero-order valence-corrected chi connectivity index (χ0v) is 8.68. The van der Waals surface area contributed by atoms with Gasteiger partial charge in [0.1, 0.15) is 0 Å². The van der Waals surface area contributed by atoms with E-state index in [1.165, 1.54) is 7.11 Å². The Labute approximate surface area is 79.5 Å². The lowest BCUT2D eigenvalue weighted by Crippen LogP contribution is -2.14. The van der Waals surface area contributed by atoms with E-state index in [0.29, 0.717) is 0 Å². The van der Waals surface area contributed by atoms with Crippen LogP contribution in [0.3, 0.4) is 0 Å². The summed E-state index contributed by atoms with van der Waals surface area (Å²) in [5.41, 5.74) is 1.89. The van der Waals surface area contributed by atoms with Gasteiger partial charge >= 0.3 is 5.97 Å². The minimum Gasteiger partial charge on any atom is -0.469 e. The summed E-state index contributed by atoms with van der Waals surface area (Å²) >= 11 is 0. The number of methoxy groups -OCH3 is 1. The number of hydrogen-bond donors (Lipinski definition) is 1. The summed E-state index contributed by atoms with van der Waals surface area (Å²) in [4.78, 5) is 10.9. The van der Waals surface area contributed by atoms with Crippen LogP contribution in [-0.2, 0) is 9.53 Å². The zero-order chi connectivity index (χ0) is 10.3. The molecule has 0 heterocycles. The van der Waals surface area contributed by atoms with Crippen molar-refractivity contribution in [2.45, 2.75) is 27.2 Å². The first-order valence-electron chi connectivity index (χ1n) is 4.26. The van der Waals surface area contributed by atoms with Crippen LogP contribution < -0.4 is 5.32 Å². The van der Waals surface area contributed by atoms with E-state index in [9.17, 15) is 4.79 Å². The van der Waals surface area contributed by atoms with Crippen molar-refractivity contribution in [2.75, 3.05) is 7.11 Å². The van der Waals surface area contributed by atoms with E-state index in [0.717, 1.165) is 11.4 Å². The third-order valence-electron chi connectivity index (χ3n) is 1.70. The van der Waals surface area contributed by atoms with Crippen molar-refractivity contribution in [3.8, 4) is 0 Å². The molecule has 0 atom stereocenters. The standard InChI is InChI=1S/C10H17NO2/c1-5-8(3)11-9(6-2)7-10(12)13-4/h5-6,11H,7H2,1-4H3/b8-5+,9-6-. The second-order valence-electron chi connectivity index (χ2n) is 2.66. The zero-order valence-electron chi connectivity index (χ0n) is 8.68. The van der Waals surface area contributed by atoms with E-state index in [-0.39, 0.29) is 12.4 Å². The van der Waals surface area contributed by atoms with Crippen LogP contribution in [0.4, 0.5) is 0 Å². The van der Waals surface area contributed by atoms with Gasteiger partial charge in [-0.25, -0.2) is 0 Å². The summed E-state index contributed by atoms with van der Waals surface area (Å²) in [6.45, 7) is 5.77. The van der Waals surface area contributed by atoms with Crippen molar-refractivity contribution in [1.82, 2.24) is 5.32 Å². The molecule has 0 aliphatic carbocycles. The van der Waals surface area contributed by atoms with Gasteiger partial charge in [0, 0.05) is 11.4 Å². The second kappa shape index (κ2) is 6.29. The fraction of sp³-hybridized carbons (Fsp3) is 0.500. The fourth-order valence-electron chi connectivity index (χ4n) is 0.772. The first-order valence-corrected chi connectivity index (χ1v) is 4.26. The molecule has 0 unspecified atom stereocenters. The van der Waals surface area contributed by atoms with Gasteiger partial charge in [0.25, 0.3) is 0 Å². The van der Waals surface area contributed by atoms with Crippen LogP contribution in [-0.4, -0.2) is 13.1 Å². The first-order chi connectivity index (χ1) is 6.13. The van der Waals surface area contributed by atoms with Crippen LogP contribution in [0.5, 0.6) is 0 Å². The van der Waals surface area contributed by atoms with Gasteiger partial charge in [-0.2, -0.15) is 0 Å². The fourth-order valence-corrected chi connectivity index (χ4v) is 0.772. The summed E-state index contributed by atoms with van der Waals surface area (Å²) < 4.78 is 4.56. The van der Waals surface area contributed by atoms with Crippen molar-refractivity contribution in [1.29, 1.82) is 0 Å². The lowest BCUT2D eigenvalue weighted by molar-refractivity contribution is -0.139. The maximum atomic E-state index is 10.9. The topological polar surface area (TPSA) is 38.3 Å². The molecule has 0 saturated carbocycles. The highest BCUT2D eigenvalue weighted by molar-refractivity contribution is 5.72. The van der Waals surface area contributed by atoms with Crippen molar-refractivity contribution in [2.24, 2.45) is 0 Å². The Morgan fingerprint density at radius 1 is 1.38 bits per heavy atom. The minimum atomic E-state index is -0.232. The Kier molecular flexibility index (Phi) is 5.68. The molecular weight excluding hydrogens is 166 g/mol. The van der Waals surface area contributed by atoms with Gasteiger partial charge in [-0.05, 0) is 20.8 Å². The Balaban J connectivity index is 4.14. The maximum absolute atomic E-state index is 10.9. The van der Waals surface area contributed by atoms with Gasteiger partial charge in [-0.15, -0.1) is 0 Å². The van der Waals surface area contributed by atoms with Crippen LogP contribution in [0, 0.1) is 0 Å². The van der Waals surface area contributed by atoms with Crippen molar-refractivity contribution < 1.29 is 9.53 Å². The SMILES string of the molecule is C/C=C(/CC(=O)OC)N/C(C)=C/C. The highest BCUT2D eigenvalue weighted by Crippen LogP contribution is 2.01. The predicted molar refractivity (Wildman–Crippen MR) is 53.0 cm³/mol. The van der Waals surface area contributed by atoms with Gasteiger partial charge in [-0.1, -0.05) is 12.2 Å². The molecule has 0 aromatic carbocycles. The number of rotatable bonds is 4. The van der Waals surface area contributed by atoms with Crippen LogP contribution in [0.2, 0.25) is 0 Å². The normalized spacial score (nSPS) is 12.6. The van der Waals surface area contributed by atoms with E-state index in [4.69, 9.17) is 0 Å². The minimum absolute atomic E-state index is 0.232. The molecule has 3 heteroatoms. The van der Waals surface area contributed by atoms with E-state index >= 15 is 0 Å². The largest absolute Gasteiger partial charge is 0.469 e. The average molecular weight is 183 g/mol. The van der Waals surface area contributed by atoms with Gasteiger partial charge < -0.3 is 10.1 Å². The van der Waals surface area contributed by atoms with Crippen LogP contribution in [0.1, 0.15) is 27.2 Å². The summed E-state index contributed by atoms with van der Waals surface area (Å²) in [7, 11) is 1.39.